The first-order chi connectivity index (χ1) is 14.9. The van der Waals surface area contributed by atoms with Crippen molar-refractivity contribution in [1.82, 2.24) is 30.4 Å². The van der Waals surface area contributed by atoms with Crippen LogP contribution in [0.1, 0.15) is 49.8 Å². The predicted molar refractivity (Wildman–Crippen MR) is 123 cm³/mol. The van der Waals surface area contributed by atoms with Gasteiger partial charge in [0.15, 0.2) is 0 Å². The molecule has 0 saturated carbocycles. The van der Waals surface area contributed by atoms with Crippen molar-refractivity contribution < 1.29 is 4.79 Å². The van der Waals surface area contributed by atoms with Crippen molar-refractivity contribution in [2.24, 2.45) is 0 Å². The summed E-state index contributed by atoms with van der Waals surface area (Å²) in [6, 6.07) is 8.29. The predicted octanol–water partition coefficient (Wildman–Crippen LogP) is 2.96. The topological polar surface area (TPSA) is 92.9 Å². The molecule has 1 aliphatic rings. The number of carbonyl (C=O) groups excluding carboxylic acids is 1. The van der Waals surface area contributed by atoms with Crippen LogP contribution in [0.15, 0.2) is 30.5 Å². The minimum absolute atomic E-state index is 0.0346. The first kappa shape index (κ1) is 21.4. The van der Waals surface area contributed by atoms with Gasteiger partial charge in [-0.05, 0) is 45.4 Å². The number of aromatic amines is 2. The van der Waals surface area contributed by atoms with Crippen molar-refractivity contribution >= 4 is 22.8 Å². The van der Waals surface area contributed by atoms with Gasteiger partial charge >= 0.3 is 0 Å². The van der Waals surface area contributed by atoms with Gasteiger partial charge in [-0.25, -0.2) is 0 Å². The average molecular weight is 424 g/mol. The largest absolute Gasteiger partial charge is 0.361 e. The molecule has 1 aliphatic heterocycles. The minimum atomic E-state index is -0.203. The first-order valence-electron chi connectivity index (χ1n) is 11.1. The number of benzene rings is 1. The van der Waals surface area contributed by atoms with E-state index in [1.807, 2.05) is 18.3 Å². The normalized spacial score (nSPS) is 17.7. The van der Waals surface area contributed by atoms with Crippen LogP contribution in [-0.2, 0) is 6.42 Å². The molecule has 8 heteroatoms. The van der Waals surface area contributed by atoms with Crippen molar-refractivity contribution in [2.75, 3.05) is 31.6 Å². The monoisotopic (exact) mass is 423 g/mol. The molecule has 1 amide bonds. The van der Waals surface area contributed by atoms with Gasteiger partial charge in [-0.3, -0.25) is 14.8 Å². The smallest absolute Gasteiger partial charge is 0.288 e. The average Bonchev–Trinajstić information content (AvgIpc) is 3.38. The Morgan fingerprint density at radius 2 is 2.10 bits per heavy atom. The lowest BCUT2D eigenvalue weighted by atomic mass is 10.0. The van der Waals surface area contributed by atoms with E-state index in [0.717, 1.165) is 44.4 Å². The highest BCUT2D eigenvalue weighted by atomic mass is 16.2. The van der Waals surface area contributed by atoms with Crippen LogP contribution in [0.4, 0.5) is 5.95 Å². The lowest BCUT2D eigenvalue weighted by molar-refractivity contribution is 0.0924. The highest BCUT2D eigenvalue weighted by molar-refractivity contribution is 5.91. The number of hydrogen-bond acceptors (Lipinski definition) is 5. The SMILES string of the molecule is CCCC(Cc1c[nH]c2ccccc12)NC(=O)c1nc(N2CCN(C)C(C)(C)C2)n[nH]1. The molecule has 8 nitrogen and oxygen atoms in total. The van der Waals surface area contributed by atoms with Crippen LogP contribution in [0.5, 0.6) is 0 Å². The number of nitrogens with zero attached hydrogens (tertiary/aromatic N) is 4. The standard InChI is InChI=1S/C23H33N7O/c1-5-8-17(13-16-14-24-19-10-7-6-9-18(16)19)25-21(31)20-26-22(28-27-20)30-12-11-29(4)23(2,3)15-30/h6-7,9-10,14,17,24H,5,8,11-13,15H2,1-4H3,(H,25,31)(H,26,27,28). The van der Waals surface area contributed by atoms with Crippen molar-refractivity contribution in [3.63, 3.8) is 0 Å². The number of nitrogens with one attached hydrogen (secondary N) is 3. The molecule has 3 N–H and O–H groups in total. The molecule has 0 bridgehead atoms. The molecule has 4 rings (SSSR count). The van der Waals surface area contributed by atoms with Crippen LogP contribution in [0.2, 0.25) is 0 Å². The summed E-state index contributed by atoms with van der Waals surface area (Å²) in [6.07, 6.45) is 4.71. The summed E-state index contributed by atoms with van der Waals surface area (Å²) in [5.74, 6) is 0.659. The first-order valence-corrected chi connectivity index (χ1v) is 11.1. The van der Waals surface area contributed by atoms with Crippen molar-refractivity contribution in [1.29, 1.82) is 0 Å². The molecule has 0 radical (unpaired) electrons. The number of carbonyl (C=O) groups is 1. The van der Waals surface area contributed by atoms with E-state index in [0.29, 0.717) is 5.95 Å². The van der Waals surface area contributed by atoms with E-state index < -0.39 is 0 Å². The van der Waals surface area contributed by atoms with E-state index in [-0.39, 0.29) is 23.3 Å². The van der Waals surface area contributed by atoms with Crippen LogP contribution < -0.4 is 10.2 Å². The maximum atomic E-state index is 12.9. The Kier molecular flexibility index (Phi) is 6.00. The van der Waals surface area contributed by atoms with E-state index in [1.165, 1.54) is 10.9 Å². The van der Waals surface area contributed by atoms with E-state index in [4.69, 9.17) is 0 Å². The highest BCUT2D eigenvalue weighted by Gasteiger charge is 2.33. The Morgan fingerprint density at radius 1 is 1.29 bits per heavy atom. The fourth-order valence-corrected chi connectivity index (χ4v) is 4.30. The fraction of sp³-hybridized carbons (Fsp3) is 0.522. The molecule has 3 aromatic rings. The molecular weight excluding hydrogens is 390 g/mol. The van der Waals surface area contributed by atoms with E-state index in [1.54, 1.807) is 0 Å². The number of H-pyrrole nitrogens is 2. The zero-order valence-corrected chi connectivity index (χ0v) is 18.9. The third kappa shape index (κ3) is 4.58. The lowest BCUT2D eigenvalue weighted by Gasteiger charge is -2.44. The van der Waals surface area contributed by atoms with Crippen LogP contribution in [-0.4, -0.2) is 69.2 Å². The molecule has 2 aromatic heterocycles. The van der Waals surface area contributed by atoms with Gasteiger partial charge in [-0.2, -0.15) is 4.98 Å². The van der Waals surface area contributed by atoms with E-state index >= 15 is 0 Å². The number of hydrogen-bond donors (Lipinski definition) is 3. The number of aromatic nitrogens is 4. The molecule has 1 atom stereocenters. The summed E-state index contributed by atoms with van der Waals surface area (Å²) in [5, 5.41) is 11.5. The number of fused-ring (bicyclic) bond motifs is 1. The lowest BCUT2D eigenvalue weighted by Crippen LogP contribution is -2.58. The summed E-state index contributed by atoms with van der Waals surface area (Å²) in [4.78, 5) is 25.2. The van der Waals surface area contributed by atoms with Crippen LogP contribution in [0.3, 0.4) is 0 Å². The maximum Gasteiger partial charge on any atom is 0.288 e. The van der Waals surface area contributed by atoms with Gasteiger partial charge < -0.3 is 15.2 Å². The summed E-state index contributed by atoms with van der Waals surface area (Å²) in [5.41, 5.74) is 2.37. The summed E-state index contributed by atoms with van der Waals surface area (Å²) >= 11 is 0. The molecular formula is C23H33N7O. The van der Waals surface area contributed by atoms with Crippen LogP contribution in [0.25, 0.3) is 10.9 Å². The number of likely N-dealkylation sites (N-methyl/N-ethyl adjacent to an activating group) is 1. The maximum absolute atomic E-state index is 12.9. The Morgan fingerprint density at radius 3 is 2.87 bits per heavy atom. The van der Waals surface area contributed by atoms with Crippen molar-refractivity contribution in [3.8, 4) is 0 Å². The minimum Gasteiger partial charge on any atom is -0.361 e. The highest BCUT2D eigenvalue weighted by Crippen LogP contribution is 2.22. The molecule has 0 spiro atoms. The van der Waals surface area contributed by atoms with Gasteiger partial charge in [0.1, 0.15) is 0 Å². The van der Waals surface area contributed by atoms with E-state index in [9.17, 15) is 4.79 Å². The van der Waals surface area contributed by atoms with E-state index in [2.05, 4.69) is 75.2 Å². The molecule has 1 unspecified atom stereocenters. The molecule has 1 fully saturated rings. The molecule has 31 heavy (non-hydrogen) atoms. The molecule has 166 valence electrons. The van der Waals surface area contributed by atoms with Gasteiger partial charge in [-0.1, -0.05) is 31.5 Å². The van der Waals surface area contributed by atoms with Gasteiger partial charge in [0, 0.05) is 48.3 Å². The third-order valence-corrected chi connectivity index (χ3v) is 6.40. The summed E-state index contributed by atoms with van der Waals surface area (Å²) in [7, 11) is 2.13. The number of amides is 1. The number of para-hydroxylation sites is 1. The quantitative estimate of drug-likeness (QED) is 0.543. The molecule has 0 aliphatic carbocycles. The Hall–Kier alpha value is -2.87. The number of rotatable bonds is 7. The van der Waals surface area contributed by atoms with Crippen molar-refractivity contribution in [2.45, 2.75) is 51.6 Å². The third-order valence-electron chi connectivity index (χ3n) is 6.40. The fourth-order valence-electron chi connectivity index (χ4n) is 4.30. The number of anilines is 1. The number of piperazine rings is 1. The zero-order valence-electron chi connectivity index (χ0n) is 18.9. The van der Waals surface area contributed by atoms with Crippen LogP contribution >= 0.6 is 0 Å². The van der Waals surface area contributed by atoms with Gasteiger partial charge in [0.2, 0.25) is 11.8 Å². The van der Waals surface area contributed by atoms with Gasteiger partial charge in [0.05, 0.1) is 0 Å². The second kappa shape index (κ2) is 8.70. The zero-order chi connectivity index (χ0) is 22.0. The Labute approximate surface area is 183 Å². The summed E-state index contributed by atoms with van der Waals surface area (Å²) < 4.78 is 0. The van der Waals surface area contributed by atoms with Gasteiger partial charge in [0.25, 0.3) is 5.91 Å². The van der Waals surface area contributed by atoms with Gasteiger partial charge in [-0.15, -0.1) is 5.10 Å². The Balaban J connectivity index is 1.44. The van der Waals surface area contributed by atoms with Crippen molar-refractivity contribution in [3.05, 3.63) is 41.9 Å². The second-order valence-electron chi connectivity index (χ2n) is 9.16. The second-order valence-corrected chi connectivity index (χ2v) is 9.16. The molecule has 3 heterocycles. The van der Waals surface area contributed by atoms with Crippen LogP contribution in [0, 0.1) is 0 Å². The Bertz CT molecular complexity index is 1040. The molecule has 1 saturated heterocycles. The molecule has 1 aromatic carbocycles. The summed E-state index contributed by atoms with van der Waals surface area (Å²) in [6.45, 7) is 9.15.